The molecule has 1 atom stereocenters. The van der Waals surface area contributed by atoms with Crippen LogP contribution in [-0.4, -0.2) is 22.8 Å². The van der Waals surface area contributed by atoms with Gasteiger partial charge in [-0.3, -0.25) is 9.59 Å². The predicted molar refractivity (Wildman–Crippen MR) is 103 cm³/mol. The maximum absolute atomic E-state index is 12.9. The Labute approximate surface area is 152 Å². The number of nitrogens with one attached hydrogen (secondary N) is 1. The van der Waals surface area contributed by atoms with E-state index in [0.717, 1.165) is 30.2 Å². The van der Waals surface area contributed by atoms with Crippen molar-refractivity contribution in [3.63, 3.8) is 0 Å². The molecule has 0 spiro atoms. The van der Waals surface area contributed by atoms with E-state index >= 15 is 0 Å². The third kappa shape index (κ3) is 3.03. The summed E-state index contributed by atoms with van der Waals surface area (Å²) in [5.74, 6) is -0.0208. The van der Waals surface area contributed by atoms with Gasteiger partial charge in [0.25, 0.3) is 5.56 Å². The number of fused-ring (bicyclic) bond motifs is 2. The smallest absolute Gasteiger partial charge is 0.252 e. The van der Waals surface area contributed by atoms with Crippen molar-refractivity contribution in [1.29, 1.82) is 0 Å². The molecule has 1 heterocycles. The summed E-state index contributed by atoms with van der Waals surface area (Å²) in [4.78, 5) is 29.9. The van der Waals surface area contributed by atoms with Gasteiger partial charge in [0.2, 0.25) is 5.91 Å². The summed E-state index contributed by atoms with van der Waals surface area (Å²) in [7, 11) is 1.85. The van der Waals surface area contributed by atoms with Gasteiger partial charge in [-0.1, -0.05) is 42.5 Å². The fourth-order valence-electron chi connectivity index (χ4n) is 3.92. The number of hydrogen-bond acceptors (Lipinski definition) is 2. The molecule has 1 amide bonds. The Balaban J connectivity index is 1.59. The Morgan fingerprint density at radius 3 is 2.81 bits per heavy atom. The van der Waals surface area contributed by atoms with E-state index in [-0.39, 0.29) is 23.9 Å². The number of carbonyl (C=O) groups is 1. The lowest BCUT2D eigenvalue weighted by molar-refractivity contribution is -0.131. The second kappa shape index (κ2) is 6.79. The molecule has 0 unspecified atom stereocenters. The molecule has 0 fully saturated rings. The fourth-order valence-corrected chi connectivity index (χ4v) is 3.92. The molecule has 4 rings (SSSR count). The van der Waals surface area contributed by atoms with Crippen LogP contribution in [0.25, 0.3) is 10.9 Å². The monoisotopic (exact) mass is 346 g/mol. The zero-order valence-corrected chi connectivity index (χ0v) is 14.9. The highest BCUT2D eigenvalue weighted by Crippen LogP contribution is 2.33. The van der Waals surface area contributed by atoms with E-state index in [0.29, 0.717) is 5.56 Å². The highest BCUT2D eigenvalue weighted by Gasteiger charge is 2.26. The van der Waals surface area contributed by atoms with Crippen LogP contribution in [0, 0.1) is 0 Å². The lowest BCUT2D eigenvalue weighted by Crippen LogP contribution is -2.35. The Kier molecular flexibility index (Phi) is 4.33. The largest absolute Gasteiger partial charge is 0.338 e. The number of para-hydroxylation sites is 1. The minimum Gasteiger partial charge on any atom is -0.338 e. The van der Waals surface area contributed by atoms with Gasteiger partial charge in [0.05, 0.1) is 12.5 Å². The van der Waals surface area contributed by atoms with Crippen molar-refractivity contribution in [2.24, 2.45) is 0 Å². The van der Waals surface area contributed by atoms with Crippen molar-refractivity contribution in [2.75, 3.05) is 7.05 Å². The first kappa shape index (κ1) is 16.6. The molecule has 0 bridgehead atoms. The SMILES string of the molecule is CN(C(=O)Cc1cc2ccccc2[nH]c1=O)[C@H]1CCCc2ccccc21. The Bertz CT molecular complexity index is 1020. The molecule has 4 heteroatoms. The van der Waals surface area contributed by atoms with Crippen molar-refractivity contribution >= 4 is 16.8 Å². The quantitative estimate of drug-likeness (QED) is 0.788. The van der Waals surface area contributed by atoms with Crippen LogP contribution in [-0.2, 0) is 17.6 Å². The highest BCUT2D eigenvalue weighted by atomic mass is 16.2. The zero-order valence-electron chi connectivity index (χ0n) is 14.9. The third-order valence-electron chi connectivity index (χ3n) is 5.37. The van der Waals surface area contributed by atoms with Gasteiger partial charge < -0.3 is 9.88 Å². The summed E-state index contributed by atoms with van der Waals surface area (Å²) in [5, 5.41) is 0.945. The predicted octanol–water partition coefficient (Wildman–Crippen LogP) is 3.61. The lowest BCUT2D eigenvalue weighted by atomic mass is 9.87. The van der Waals surface area contributed by atoms with Crippen LogP contribution in [0.3, 0.4) is 0 Å². The van der Waals surface area contributed by atoms with E-state index in [2.05, 4.69) is 23.2 Å². The van der Waals surface area contributed by atoms with Crippen LogP contribution in [0.2, 0.25) is 0 Å². The Morgan fingerprint density at radius 2 is 1.92 bits per heavy atom. The van der Waals surface area contributed by atoms with Crippen LogP contribution in [0.5, 0.6) is 0 Å². The number of aromatic amines is 1. The number of aryl methyl sites for hydroxylation is 1. The summed E-state index contributed by atoms with van der Waals surface area (Å²) in [6.07, 6.45) is 3.23. The molecule has 0 saturated heterocycles. The average molecular weight is 346 g/mol. The molecule has 26 heavy (non-hydrogen) atoms. The first-order chi connectivity index (χ1) is 12.6. The molecule has 132 valence electrons. The normalized spacial score (nSPS) is 16.3. The van der Waals surface area contributed by atoms with Crippen molar-refractivity contribution in [3.8, 4) is 0 Å². The van der Waals surface area contributed by atoms with Crippen LogP contribution >= 0.6 is 0 Å². The number of pyridine rings is 1. The number of aromatic nitrogens is 1. The number of rotatable bonds is 3. The number of amides is 1. The highest BCUT2D eigenvalue weighted by molar-refractivity contribution is 5.82. The first-order valence-electron chi connectivity index (χ1n) is 9.08. The van der Waals surface area contributed by atoms with Crippen LogP contribution < -0.4 is 5.56 Å². The molecule has 1 aliphatic carbocycles. The molecule has 1 aromatic heterocycles. The summed E-state index contributed by atoms with van der Waals surface area (Å²) >= 11 is 0. The molecule has 1 N–H and O–H groups in total. The van der Waals surface area contributed by atoms with E-state index in [1.807, 2.05) is 48.3 Å². The molecule has 0 saturated carbocycles. The van der Waals surface area contributed by atoms with Gasteiger partial charge in [-0.2, -0.15) is 0 Å². The summed E-state index contributed by atoms with van der Waals surface area (Å²) in [6.45, 7) is 0. The van der Waals surface area contributed by atoms with Crippen LogP contribution in [0.4, 0.5) is 0 Å². The summed E-state index contributed by atoms with van der Waals surface area (Å²) < 4.78 is 0. The molecule has 1 aliphatic rings. The van der Waals surface area contributed by atoms with Crippen LogP contribution in [0.15, 0.2) is 59.4 Å². The minimum absolute atomic E-state index is 0.0208. The third-order valence-corrected chi connectivity index (χ3v) is 5.37. The number of carbonyl (C=O) groups excluding carboxylic acids is 1. The Morgan fingerprint density at radius 1 is 1.15 bits per heavy atom. The van der Waals surface area contributed by atoms with Gasteiger partial charge in [0, 0.05) is 18.1 Å². The molecular formula is C22H22N2O2. The first-order valence-corrected chi connectivity index (χ1v) is 9.08. The van der Waals surface area contributed by atoms with E-state index in [1.165, 1.54) is 11.1 Å². The number of H-pyrrole nitrogens is 1. The molecule has 0 aliphatic heterocycles. The van der Waals surface area contributed by atoms with Crippen molar-refractivity contribution < 1.29 is 4.79 Å². The van der Waals surface area contributed by atoms with Crippen LogP contribution in [0.1, 0.15) is 35.6 Å². The van der Waals surface area contributed by atoms with Crippen molar-refractivity contribution in [3.05, 3.63) is 81.6 Å². The standard InChI is InChI=1S/C22H22N2O2/c1-24(20-12-6-9-15-7-2-4-10-18(15)20)21(25)14-17-13-16-8-3-5-11-19(16)23-22(17)26/h2-5,7-8,10-11,13,20H,6,9,12,14H2,1H3,(H,23,26)/t20-/m0/s1. The van der Waals surface area contributed by atoms with Crippen molar-refractivity contribution in [1.82, 2.24) is 9.88 Å². The molecule has 3 aromatic rings. The van der Waals surface area contributed by atoms with E-state index in [4.69, 9.17) is 0 Å². The van der Waals surface area contributed by atoms with Gasteiger partial charge in [-0.25, -0.2) is 0 Å². The zero-order chi connectivity index (χ0) is 18.1. The molecular weight excluding hydrogens is 324 g/mol. The maximum Gasteiger partial charge on any atom is 0.252 e. The number of hydrogen-bond donors (Lipinski definition) is 1. The lowest BCUT2D eigenvalue weighted by Gasteiger charge is -2.33. The number of nitrogens with zero attached hydrogens (tertiary/aromatic N) is 1. The summed E-state index contributed by atoms with van der Waals surface area (Å²) in [5.41, 5.74) is 3.69. The topological polar surface area (TPSA) is 53.2 Å². The number of likely N-dealkylation sites (N-methyl/N-ethyl adjacent to an activating group) is 1. The fraction of sp³-hybridized carbons (Fsp3) is 0.273. The average Bonchev–Trinajstić information content (AvgIpc) is 2.67. The second-order valence-corrected chi connectivity index (χ2v) is 7.00. The molecule has 0 radical (unpaired) electrons. The van der Waals surface area contributed by atoms with E-state index in [9.17, 15) is 9.59 Å². The molecule has 2 aromatic carbocycles. The maximum atomic E-state index is 12.9. The van der Waals surface area contributed by atoms with Gasteiger partial charge >= 0.3 is 0 Å². The second-order valence-electron chi connectivity index (χ2n) is 7.00. The van der Waals surface area contributed by atoms with Gasteiger partial charge in [-0.15, -0.1) is 0 Å². The van der Waals surface area contributed by atoms with E-state index < -0.39 is 0 Å². The minimum atomic E-state index is -0.186. The van der Waals surface area contributed by atoms with E-state index in [1.54, 1.807) is 0 Å². The van der Waals surface area contributed by atoms with Gasteiger partial charge in [-0.05, 0) is 47.9 Å². The Hall–Kier alpha value is -2.88. The summed E-state index contributed by atoms with van der Waals surface area (Å²) in [6, 6.07) is 17.9. The molecule has 4 nitrogen and oxygen atoms in total. The van der Waals surface area contributed by atoms with Gasteiger partial charge in [0.15, 0.2) is 0 Å². The number of benzene rings is 2. The van der Waals surface area contributed by atoms with Gasteiger partial charge in [0.1, 0.15) is 0 Å². The van der Waals surface area contributed by atoms with Crippen molar-refractivity contribution in [2.45, 2.75) is 31.7 Å².